The predicted molar refractivity (Wildman–Crippen MR) is 69.1 cm³/mol. The Hall–Kier alpha value is -1.15. The first-order valence-corrected chi connectivity index (χ1v) is 6.58. The van der Waals surface area contributed by atoms with E-state index in [0.29, 0.717) is 11.8 Å². The van der Waals surface area contributed by atoms with Gasteiger partial charge in [-0.15, -0.1) is 0 Å². The van der Waals surface area contributed by atoms with Crippen LogP contribution in [0.2, 0.25) is 0 Å². The van der Waals surface area contributed by atoms with Crippen molar-refractivity contribution in [1.29, 1.82) is 0 Å². The van der Waals surface area contributed by atoms with Crippen molar-refractivity contribution in [2.24, 2.45) is 5.92 Å². The van der Waals surface area contributed by atoms with Gasteiger partial charge in [-0.2, -0.15) is 0 Å². The molecule has 1 aliphatic heterocycles. The first kappa shape index (κ1) is 12.3. The molecule has 2 rings (SSSR count). The van der Waals surface area contributed by atoms with Gasteiger partial charge >= 0.3 is 0 Å². The third-order valence-corrected chi connectivity index (χ3v) is 3.90. The van der Waals surface area contributed by atoms with Crippen LogP contribution in [0.1, 0.15) is 25.8 Å². The van der Waals surface area contributed by atoms with Crippen LogP contribution in [-0.4, -0.2) is 24.9 Å². The summed E-state index contributed by atoms with van der Waals surface area (Å²) in [6, 6.07) is 11.1. The molecule has 1 aliphatic rings. The lowest BCUT2D eigenvalue weighted by Gasteiger charge is -2.32. The Morgan fingerprint density at radius 3 is 2.65 bits per heavy atom. The molecule has 1 aromatic carbocycles. The number of rotatable bonds is 3. The van der Waals surface area contributed by atoms with E-state index in [4.69, 9.17) is 0 Å². The van der Waals surface area contributed by atoms with Gasteiger partial charge in [-0.25, -0.2) is 0 Å². The van der Waals surface area contributed by atoms with Gasteiger partial charge in [0.25, 0.3) is 0 Å². The van der Waals surface area contributed by atoms with Crippen molar-refractivity contribution < 1.29 is 9.69 Å². The van der Waals surface area contributed by atoms with E-state index >= 15 is 0 Å². The van der Waals surface area contributed by atoms with E-state index < -0.39 is 0 Å². The van der Waals surface area contributed by atoms with Crippen LogP contribution in [0, 0.1) is 5.92 Å². The summed E-state index contributed by atoms with van der Waals surface area (Å²) in [5, 5.41) is 0. The number of carbonyl (C=O) groups is 1. The molecule has 0 aliphatic carbocycles. The van der Waals surface area contributed by atoms with Crippen LogP contribution in [0.4, 0.5) is 0 Å². The first-order valence-electron chi connectivity index (χ1n) is 6.58. The third-order valence-electron chi connectivity index (χ3n) is 3.90. The Balaban J connectivity index is 1.89. The number of likely N-dealkylation sites (tertiary alicyclic amines) is 1. The molecular formula is C15H22NO+. The molecule has 92 valence electrons. The van der Waals surface area contributed by atoms with E-state index in [0.717, 1.165) is 25.9 Å². The minimum atomic E-state index is 0.247. The van der Waals surface area contributed by atoms with Gasteiger partial charge in [-0.1, -0.05) is 37.3 Å². The van der Waals surface area contributed by atoms with Crippen LogP contribution >= 0.6 is 0 Å². The highest BCUT2D eigenvalue weighted by Gasteiger charge is 2.31. The van der Waals surface area contributed by atoms with Gasteiger partial charge in [0.15, 0.2) is 0 Å². The molecule has 1 N–H and O–H groups in total. The van der Waals surface area contributed by atoms with Crippen molar-refractivity contribution in [1.82, 2.24) is 0 Å². The molecular weight excluding hydrogens is 210 g/mol. The molecule has 2 heteroatoms. The summed E-state index contributed by atoms with van der Waals surface area (Å²) >= 11 is 0. The number of ketones is 1. The summed E-state index contributed by atoms with van der Waals surface area (Å²) < 4.78 is 0. The highest BCUT2D eigenvalue weighted by Crippen LogP contribution is 2.06. The summed E-state index contributed by atoms with van der Waals surface area (Å²) in [5.74, 6) is 0.693. The highest BCUT2D eigenvalue weighted by atomic mass is 16.1. The van der Waals surface area contributed by atoms with Crippen LogP contribution in [0.3, 0.4) is 0 Å². The minimum absolute atomic E-state index is 0.247. The Bertz CT molecular complexity index is 374. The standard InChI is InChI=1S/C15H21NO/c1-12-11-16(13(2)10-15(12)17)9-8-14-6-4-3-5-7-14/h3-7,12-13H,8-11H2,1-2H3/p+1/t12-,13-/m1/s1. The Labute approximate surface area is 104 Å². The maximum atomic E-state index is 11.6. The van der Waals surface area contributed by atoms with Gasteiger partial charge in [-0.3, -0.25) is 4.79 Å². The molecule has 0 radical (unpaired) electrons. The van der Waals surface area contributed by atoms with Crippen LogP contribution in [-0.2, 0) is 11.2 Å². The van der Waals surface area contributed by atoms with Crippen molar-refractivity contribution in [2.45, 2.75) is 32.7 Å². The molecule has 0 amide bonds. The Kier molecular flexibility index (Phi) is 3.95. The molecule has 1 aromatic rings. The fraction of sp³-hybridized carbons (Fsp3) is 0.533. The van der Waals surface area contributed by atoms with Crippen LogP contribution in [0.25, 0.3) is 0 Å². The third kappa shape index (κ3) is 3.16. The van der Waals surface area contributed by atoms with Crippen molar-refractivity contribution in [3.63, 3.8) is 0 Å². The fourth-order valence-electron chi connectivity index (χ4n) is 2.65. The molecule has 1 fully saturated rings. The van der Waals surface area contributed by atoms with E-state index in [1.807, 2.05) is 0 Å². The molecule has 2 nitrogen and oxygen atoms in total. The summed E-state index contributed by atoms with van der Waals surface area (Å²) in [7, 11) is 0. The number of hydrogen-bond acceptors (Lipinski definition) is 1. The van der Waals surface area contributed by atoms with E-state index in [1.54, 1.807) is 4.90 Å². The molecule has 3 atom stereocenters. The highest BCUT2D eigenvalue weighted by molar-refractivity contribution is 5.81. The molecule has 1 unspecified atom stereocenters. The zero-order valence-corrected chi connectivity index (χ0v) is 10.8. The van der Waals surface area contributed by atoms with E-state index in [1.165, 1.54) is 5.56 Å². The molecule has 1 saturated heterocycles. The number of piperidine rings is 1. The van der Waals surface area contributed by atoms with Gasteiger partial charge in [0, 0.05) is 6.42 Å². The largest absolute Gasteiger partial charge is 0.332 e. The van der Waals surface area contributed by atoms with Gasteiger partial charge in [0.05, 0.1) is 31.5 Å². The lowest BCUT2D eigenvalue weighted by molar-refractivity contribution is -0.927. The summed E-state index contributed by atoms with van der Waals surface area (Å²) in [5.41, 5.74) is 1.40. The zero-order valence-electron chi connectivity index (χ0n) is 10.8. The number of carbonyl (C=O) groups excluding carboxylic acids is 1. The normalized spacial score (nSPS) is 29.3. The van der Waals surface area contributed by atoms with E-state index in [2.05, 4.69) is 44.2 Å². The van der Waals surface area contributed by atoms with Gasteiger partial charge in [0.1, 0.15) is 5.78 Å². The predicted octanol–water partition coefficient (Wildman–Crippen LogP) is 1.11. The van der Waals surface area contributed by atoms with Crippen LogP contribution in [0.5, 0.6) is 0 Å². The first-order chi connectivity index (χ1) is 8.16. The topological polar surface area (TPSA) is 21.5 Å². The van der Waals surface area contributed by atoms with Crippen LogP contribution < -0.4 is 4.90 Å². The maximum Gasteiger partial charge on any atom is 0.147 e. The smallest absolute Gasteiger partial charge is 0.147 e. The minimum Gasteiger partial charge on any atom is -0.332 e. The molecule has 1 heterocycles. The Morgan fingerprint density at radius 2 is 1.94 bits per heavy atom. The average molecular weight is 232 g/mol. The molecule has 0 bridgehead atoms. The zero-order chi connectivity index (χ0) is 12.3. The molecule has 0 aromatic heterocycles. The fourth-order valence-corrected chi connectivity index (χ4v) is 2.65. The summed E-state index contributed by atoms with van der Waals surface area (Å²) in [6.07, 6.45) is 1.87. The second-order valence-electron chi connectivity index (χ2n) is 5.32. The summed E-state index contributed by atoms with van der Waals surface area (Å²) in [6.45, 7) is 6.41. The maximum absolute atomic E-state index is 11.6. The Morgan fingerprint density at radius 1 is 1.24 bits per heavy atom. The number of Topliss-reactive ketones (excluding diaryl/α,β-unsaturated/α-hetero) is 1. The number of nitrogens with one attached hydrogen (secondary N) is 1. The van der Waals surface area contributed by atoms with E-state index in [-0.39, 0.29) is 5.92 Å². The second kappa shape index (κ2) is 5.46. The average Bonchev–Trinajstić information content (AvgIpc) is 2.33. The molecule has 0 spiro atoms. The van der Waals surface area contributed by atoms with Gasteiger partial charge in [-0.05, 0) is 12.5 Å². The number of hydrogen-bond donors (Lipinski definition) is 1. The monoisotopic (exact) mass is 232 g/mol. The molecule has 0 saturated carbocycles. The number of benzene rings is 1. The number of quaternary nitrogens is 1. The summed E-state index contributed by atoms with van der Waals surface area (Å²) in [4.78, 5) is 13.2. The lowest BCUT2D eigenvalue weighted by atomic mass is 9.93. The van der Waals surface area contributed by atoms with Crippen molar-refractivity contribution in [3.8, 4) is 0 Å². The lowest BCUT2D eigenvalue weighted by Crippen LogP contribution is -3.17. The SMILES string of the molecule is C[C@@H]1C[NH+](CCc2ccccc2)[C@H](C)CC1=O. The van der Waals surface area contributed by atoms with E-state index in [9.17, 15) is 4.79 Å². The van der Waals surface area contributed by atoms with Crippen molar-refractivity contribution >= 4 is 5.78 Å². The quantitative estimate of drug-likeness (QED) is 0.828. The second-order valence-corrected chi connectivity index (χ2v) is 5.32. The van der Waals surface area contributed by atoms with Crippen molar-refractivity contribution in [3.05, 3.63) is 35.9 Å². The van der Waals surface area contributed by atoms with Crippen LogP contribution in [0.15, 0.2) is 30.3 Å². The molecule has 17 heavy (non-hydrogen) atoms. The van der Waals surface area contributed by atoms with Gasteiger partial charge in [0.2, 0.25) is 0 Å². The van der Waals surface area contributed by atoms with Gasteiger partial charge < -0.3 is 4.90 Å². The van der Waals surface area contributed by atoms with Crippen molar-refractivity contribution in [2.75, 3.05) is 13.1 Å².